The van der Waals surface area contributed by atoms with Crippen molar-refractivity contribution in [3.63, 3.8) is 0 Å². The van der Waals surface area contributed by atoms with Crippen LogP contribution in [0.4, 0.5) is 0 Å². The zero-order chi connectivity index (χ0) is 9.47. The highest BCUT2D eigenvalue weighted by molar-refractivity contribution is 5.75. The van der Waals surface area contributed by atoms with Crippen LogP contribution >= 0.6 is 0 Å². The lowest BCUT2D eigenvalue weighted by atomic mass is 9.44. The highest BCUT2D eigenvalue weighted by atomic mass is 16.5. The standard InChI is InChI=1S/C10H17NO2/c1-13-9(12)8-5-7(6-11)10(8)3-2-4-10/h7-8H,2-6,11H2,1H3. The maximum absolute atomic E-state index is 11.4. The fourth-order valence-electron chi connectivity index (χ4n) is 3.02. The van der Waals surface area contributed by atoms with Crippen LogP contribution in [0.2, 0.25) is 0 Å². The van der Waals surface area contributed by atoms with E-state index in [4.69, 9.17) is 10.5 Å². The van der Waals surface area contributed by atoms with Crippen LogP contribution in [0.25, 0.3) is 0 Å². The molecule has 2 fully saturated rings. The Balaban J connectivity index is 2.05. The van der Waals surface area contributed by atoms with Gasteiger partial charge >= 0.3 is 5.97 Å². The van der Waals surface area contributed by atoms with Crippen molar-refractivity contribution in [3.05, 3.63) is 0 Å². The Bertz CT molecular complexity index is 223. The van der Waals surface area contributed by atoms with E-state index in [9.17, 15) is 4.79 Å². The number of carbonyl (C=O) groups is 1. The summed E-state index contributed by atoms with van der Waals surface area (Å²) in [6, 6.07) is 0. The molecule has 0 amide bonds. The van der Waals surface area contributed by atoms with Crippen LogP contribution in [0.15, 0.2) is 0 Å². The highest BCUT2D eigenvalue weighted by Gasteiger charge is 2.60. The number of nitrogens with two attached hydrogens (primary N) is 1. The Morgan fingerprint density at radius 2 is 2.31 bits per heavy atom. The smallest absolute Gasteiger partial charge is 0.309 e. The fraction of sp³-hybridized carbons (Fsp3) is 0.900. The van der Waals surface area contributed by atoms with Crippen molar-refractivity contribution >= 4 is 5.97 Å². The van der Waals surface area contributed by atoms with E-state index < -0.39 is 0 Å². The first kappa shape index (κ1) is 9.00. The van der Waals surface area contributed by atoms with Crippen LogP contribution in [-0.4, -0.2) is 19.6 Å². The van der Waals surface area contributed by atoms with E-state index in [0.29, 0.717) is 5.92 Å². The molecule has 3 heteroatoms. The molecule has 2 saturated carbocycles. The maximum atomic E-state index is 11.4. The summed E-state index contributed by atoms with van der Waals surface area (Å²) < 4.78 is 4.80. The summed E-state index contributed by atoms with van der Waals surface area (Å²) >= 11 is 0. The monoisotopic (exact) mass is 183 g/mol. The molecule has 2 aliphatic carbocycles. The Morgan fingerprint density at radius 1 is 1.62 bits per heavy atom. The van der Waals surface area contributed by atoms with Gasteiger partial charge in [0.05, 0.1) is 13.0 Å². The van der Waals surface area contributed by atoms with E-state index in [2.05, 4.69) is 0 Å². The zero-order valence-corrected chi connectivity index (χ0v) is 8.08. The molecule has 2 atom stereocenters. The fourth-order valence-corrected chi connectivity index (χ4v) is 3.02. The van der Waals surface area contributed by atoms with Crippen LogP contribution in [0.1, 0.15) is 25.7 Å². The van der Waals surface area contributed by atoms with Gasteiger partial charge in [-0.25, -0.2) is 0 Å². The van der Waals surface area contributed by atoms with Gasteiger partial charge in [0.15, 0.2) is 0 Å². The summed E-state index contributed by atoms with van der Waals surface area (Å²) in [7, 11) is 1.48. The topological polar surface area (TPSA) is 52.3 Å². The molecule has 0 aromatic rings. The van der Waals surface area contributed by atoms with Gasteiger partial charge in [-0.2, -0.15) is 0 Å². The molecule has 0 saturated heterocycles. The van der Waals surface area contributed by atoms with Crippen LogP contribution in [0, 0.1) is 17.3 Å². The van der Waals surface area contributed by atoms with E-state index in [1.54, 1.807) is 0 Å². The number of carbonyl (C=O) groups excluding carboxylic acids is 1. The Hall–Kier alpha value is -0.570. The van der Waals surface area contributed by atoms with Gasteiger partial charge in [0, 0.05) is 0 Å². The number of hydrogen-bond acceptors (Lipinski definition) is 3. The maximum Gasteiger partial charge on any atom is 0.309 e. The summed E-state index contributed by atoms with van der Waals surface area (Å²) in [4.78, 5) is 11.4. The molecule has 3 nitrogen and oxygen atoms in total. The van der Waals surface area contributed by atoms with Crippen LogP contribution in [0.3, 0.4) is 0 Å². The molecule has 0 aliphatic heterocycles. The third-order valence-corrected chi connectivity index (χ3v) is 4.08. The molecule has 0 heterocycles. The third-order valence-electron chi connectivity index (χ3n) is 4.08. The van der Waals surface area contributed by atoms with E-state index in [-0.39, 0.29) is 17.3 Å². The Kier molecular flexibility index (Phi) is 2.06. The van der Waals surface area contributed by atoms with E-state index in [0.717, 1.165) is 13.0 Å². The number of esters is 1. The van der Waals surface area contributed by atoms with E-state index >= 15 is 0 Å². The summed E-state index contributed by atoms with van der Waals surface area (Å²) in [5.41, 5.74) is 5.92. The molecular formula is C10H17NO2. The summed E-state index contributed by atoms with van der Waals surface area (Å²) in [6.45, 7) is 0.730. The lowest BCUT2D eigenvalue weighted by Crippen LogP contribution is -2.59. The number of hydrogen-bond donors (Lipinski definition) is 1. The molecule has 0 aromatic heterocycles. The van der Waals surface area contributed by atoms with Gasteiger partial charge in [-0.3, -0.25) is 4.79 Å². The van der Waals surface area contributed by atoms with Crippen molar-refractivity contribution in [1.29, 1.82) is 0 Å². The van der Waals surface area contributed by atoms with E-state index in [1.807, 2.05) is 0 Å². The summed E-state index contributed by atoms with van der Waals surface area (Å²) in [5.74, 6) is 0.703. The van der Waals surface area contributed by atoms with Crippen molar-refractivity contribution < 1.29 is 9.53 Å². The molecule has 0 radical (unpaired) electrons. The lowest BCUT2D eigenvalue weighted by molar-refractivity contribution is -0.178. The highest BCUT2D eigenvalue weighted by Crippen LogP contribution is 2.63. The molecule has 2 N–H and O–H groups in total. The van der Waals surface area contributed by atoms with Crippen molar-refractivity contribution in [3.8, 4) is 0 Å². The quantitative estimate of drug-likeness (QED) is 0.648. The molecule has 0 aromatic carbocycles. The van der Waals surface area contributed by atoms with Gasteiger partial charge in [-0.05, 0) is 37.1 Å². The first-order valence-corrected chi connectivity index (χ1v) is 5.02. The third kappa shape index (κ3) is 1.03. The minimum atomic E-state index is -0.0237. The van der Waals surface area contributed by atoms with E-state index in [1.165, 1.54) is 26.4 Å². The predicted molar refractivity (Wildman–Crippen MR) is 49.0 cm³/mol. The molecule has 13 heavy (non-hydrogen) atoms. The Labute approximate surface area is 78.6 Å². The average Bonchev–Trinajstić information content (AvgIpc) is 2.00. The summed E-state index contributed by atoms with van der Waals surface area (Å²) in [6.07, 6.45) is 4.55. The predicted octanol–water partition coefficient (Wildman–Crippen LogP) is 0.924. The first-order valence-electron chi connectivity index (χ1n) is 5.02. The second kappa shape index (κ2) is 2.98. The van der Waals surface area contributed by atoms with Crippen molar-refractivity contribution in [2.75, 3.05) is 13.7 Å². The second-order valence-corrected chi connectivity index (χ2v) is 4.33. The molecule has 1 spiro atoms. The van der Waals surface area contributed by atoms with Crippen LogP contribution in [-0.2, 0) is 9.53 Å². The summed E-state index contributed by atoms with van der Waals surface area (Å²) in [5, 5.41) is 0. The molecular weight excluding hydrogens is 166 g/mol. The minimum Gasteiger partial charge on any atom is -0.469 e. The largest absolute Gasteiger partial charge is 0.469 e. The second-order valence-electron chi connectivity index (χ2n) is 4.33. The lowest BCUT2D eigenvalue weighted by Gasteiger charge is -2.60. The van der Waals surface area contributed by atoms with Gasteiger partial charge in [-0.1, -0.05) is 6.42 Å². The zero-order valence-electron chi connectivity index (χ0n) is 8.08. The molecule has 0 bridgehead atoms. The Morgan fingerprint density at radius 3 is 2.69 bits per heavy atom. The molecule has 2 rings (SSSR count). The van der Waals surface area contributed by atoms with Crippen molar-refractivity contribution in [1.82, 2.24) is 0 Å². The van der Waals surface area contributed by atoms with Gasteiger partial charge in [0.2, 0.25) is 0 Å². The van der Waals surface area contributed by atoms with Gasteiger partial charge in [-0.15, -0.1) is 0 Å². The van der Waals surface area contributed by atoms with Crippen LogP contribution in [0.5, 0.6) is 0 Å². The number of ether oxygens (including phenoxy) is 1. The minimum absolute atomic E-state index is 0.0237. The molecule has 2 unspecified atom stereocenters. The van der Waals surface area contributed by atoms with Gasteiger partial charge < -0.3 is 10.5 Å². The van der Waals surface area contributed by atoms with Gasteiger partial charge in [0.1, 0.15) is 0 Å². The normalized spacial score (nSPS) is 34.9. The first-order chi connectivity index (χ1) is 6.24. The van der Waals surface area contributed by atoms with Gasteiger partial charge in [0.25, 0.3) is 0 Å². The number of methoxy groups -OCH3 is 1. The molecule has 2 aliphatic rings. The van der Waals surface area contributed by atoms with Crippen LogP contribution < -0.4 is 5.73 Å². The molecule has 74 valence electrons. The van der Waals surface area contributed by atoms with Crippen molar-refractivity contribution in [2.24, 2.45) is 23.0 Å². The van der Waals surface area contributed by atoms with Crippen molar-refractivity contribution in [2.45, 2.75) is 25.7 Å². The average molecular weight is 183 g/mol. The SMILES string of the molecule is COC(=O)C1CC(CN)C12CCC2. The number of rotatable bonds is 2.